The smallest absolute Gasteiger partial charge is 0.173 e. The van der Waals surface area contributed by atoms with Crippen LogP contribution >= 0.6 is 31.9 Å². The molecule has 0 bridgehead atoms. The summed E-state index contributed by atoms with van der Waals surface area (Å²) in [5, 5.41) is 7.70. The van der Waals surface area contributed by atoms with Crippen molar-refractivity contribution in [1.29, 1.82) is 5.26 Å². The number of carbonyl (C=O) groups excluding carboxylic acids is 1. The number of nitriles is 1. The van der Waals surface area contributed by atoms with Crippen molar-refractivity contribution in [3.05, 3.63) is 34.3 Å². The van der Waals surface area contributed by atoms with Gasteiger partial charge in [0.2, 0.25) is 0 Å². The van der Waals surface area contributed by atoms with Crippen molar-refractivity contribution in [2.24, 2.45) is 0 Å². The number of hydrogen-bond donors (Lipinski definition) is 0. The normalized spacial score (nSPS) is 8.14. The zero-order chi connectivity index (χ0) is 11.0. The van der Waals surface area contributed by atoms with Gasteiger partial charge in [-0.2, -0.15) is 5.26 Å². The highest BCUT2D eigenvalue weighted by Crippen LogP contribution is 2.11. The Kier molecular flexibility index (Phi) is 7.35. The molecular formula is C10H9Br2NO. The largest absolute Gasteiger partial charge is 0.293 e. The van der Waals surface area contributed by atoms with Crippen LogP contribution in [0, 0.1) is 11.3 Å². The van der Waals surface area contributed by atoms with Gasteiger partial charge in [-0.1, -0.05) is 44.0 Å². The summed E-state index contributed by atoms with van der Waals surface area (Å²) in [5.74, 6) is 0.109. The van der Waals surface area contributed by atoms with E-state index in [2.05, 4.69) is 31.9 Å². The van der Waals surface area contributed by atoms with Crippen LogP contribution in [0.4, 0.5) is 0 Å². The van der Waals surface area contributed by atoms with Crippen molar-refractivity contribution in [3.63, 3.8) is 0 Å². The maximum atomic E-state index is 11.1. The molecule has 0 radical (unpaired) electrons. The fourth-order valence-corrected chi connectivity index (χ4v) is 1.30. The first-order valence-electron chi connectivity index (χ1n) is 3.81. The number of Topliss-reactive ketones (excluding diaryl/α,β-unsaturated/α-hetero) is 1. The molecule has 2 nitrogen and oxygen atoms in total. The van der Waals surface area contributed by atoms with Crippen LogP contribution in [0.3, 0.4) is 0 Å². The summed E-state index contributed by atoms with van der Waals surface area (Å²) in [4.78, 5) is 11.1. The molecule has 0 atom stereocenters. The van der Waals surface area contributed by atoms with Gasteiger partial charge in [0.05, 0.1) is 11.4 Å². The van der Waals surface area contributed by atoms with E-state index in [0.29, 0.717) is 5.33 Å². The van der Waals surface area contributed by atoms with Gasteiger partial charge in [-0.3, -0.25) is 4.79 Å². The van der Waals surface area contributed by atoms with Gasteiger partial charge < -0.3 is 0 Å². The van der Waals surface area contributed by atoms with E-state index in [1.165, 1.54) is 6.92 Å². The van der Waals surface area contributed by atoms with Crippen LogP contribution in [0.1, 0.15) is 17.3 Å². The summed E-state index contributed by atoms with van der Waals surface area (Å²) in [7, 11) is 0. The van der Waals surface area contributed by atoms with E-state index >= 15 is 0 Å². The molecule has 0 fully saturated rings. The third-order valence-electron chi connectivity index (χ3n) is 1.29. The van der Waals surface area contributed by atoms with E-state index in [1.54, 1.807) is 18.2 Å². The van der Waals surface area contributed by atoms with E-state index in [9.17, 15) is 4.79 Å². The van der Waals surface area contributed by atoms with E-state index < -0.39 is 0 Å². The van der Waals surface area contributed by atoms with Crippen LogP contribution < -0.4 is 0 Å². The van der Waals surface area contributed by atoms with E-state index in [4.69, 9.17) is 5.26 Å². The lowest BCUT2D eigenvalue weighted by Gasteiger charge is -1.95. The lowest BCUT2D eigenvalue weighted by Crippen LogP contribution is -1.98. The molecular weight excluding hydrogens is 310 g/mol. The zero-order valence-corrected chi connectivity index (χ0v) is 10.8. The van der Waals surface area contributed by atoms with Crippen molar-refractivity contribution >= 4 is 37.6 Å². The second kappa shape index (κ2) is 7.72. The summed E-state index contributed by atoms with van der Waals surface area (Å²) in [6, 6.07) is 9.06. The van der Waals surface area contributed by atoms with E-state index in [0.717, 1.165) is 10.0 Å². The molecule has 1 rings (SSSR count). The number of benzene rings is 1. The Balaban J connectivity index is 0.000000500. The van der Waals surface area contributed by atoms with Gasteiger partial charge >= 0.3 is 0 Å². The Hall–Kier alpha value is -0.660. The maximum Gasteiger partial charge on any atom is 0.173 e. The van der Waals surface area contributed by atoms with Gasteiger partial charge in [0.1, 0.15) is 0 Å². The molecule has 1 aromatic rings. The van der Waals surface area contributed by atoms with E-state index in [-0.39, 0.29) is 5.78 Å². The second-order valence-corrected chi connectivity index (χ2v) is 3.76. The molecule has 0 spiro atoms. The third-order valence-corrected chi connectivity index (χ3v) is 2.33. The minimum absolute atomic E-state index is 0.109. The Bertz CT molecular complexity index is 327. The van der Waals surface area contributed by atoms with Gasteiger partial charge in [-0.25, -0.2) is 0 Å². The molecule has 0 saturated carbocycles. The molecule has 14 heavy (non-hydrogen) atoms. The van der Waals surface area contributed by atoms with Crippen molar-refractivity contribution in [2.75, 3.05) is 5.33 Å². The average Bonchev–Trinajstić information content (AvgIpc) is 2.19. The summed E-state index contributed by atoms with van der Waals surface area (Å²) in [5.41, 5.74) is 0.741. The van der Waals surface area contributed by atoms with Gasteiger partial charge in [0.15, 0.2) is 5.78 Å². The number of ketones is 1. The monoisotopic (exact) mass is 317 g/mol. The number of halogens is 2. The van der Waals surface area contributed by atoms with Crippen molar-refractivity contribution in [2.45, 2.75) is 6.92 Å². The number of alkyl halides is 1. The van der Waals surface area contributed by atoms with Gasteiger partial charge in [0.25, 0.3) is 0 Å². The minimum atomic E-state index is 0.109. The van der Waals surface area contributed by atoms with Crippen molar-refractivity contribution in [3.8, 4) is 6.07 Å². The Labute approximate surface area is 100 Å². The molecule has 0 saturated heterocycles. The standard InChI is InChI=1S/C8H6Br2O.C2H3N/c9-5-8(11)6-1-3-7(10)4-2-6;1-2-3/h1-4H,5H2;1H3. The first-order chi connectivity index (χ1) is 6.65. The number of carbonyl (C=O) groups is 1. The topological polar surface area (TPSA) is 40.9 Å². The SMILES string of the molecule is CC#N.O=C(CBr)c1ccc(Br)cc1. The summed E-state index contributed by atoms with van der Waals surface area (Å²) in [6.45, 7) is 1.43. The van der Waals surface area contributed by atoms with Crippen LogP contribution in [0.2, 0.25) is 0 Å². The van der Waals surface area contributed by atoms with Crippen LogP contribution in [0.15, 0.2) is 28.7 Å². The molecule has 4 heteroatoms. The highest BCUT2D eigenvalue weighted by atomic mass is 79.9. The lowest BCUT2D eigenvalue weighted by atomic mass is 10.2. The minimum Gasteiger partial charge on any atom is -0.293 e. The predicted molar refractivity (Wildman–Crippen MR) is 63.6 cm³/mol. The molecule has 0 aliphatic rings. The van der Waals surface area contributed by atoms with Gasteiger partial charge in [-0.15, -0.1) is 0 Å². The fraction of sp³-hybridized carbons (Fsp3) is 0.200. The van der Waals surface area contributed by atoms with Crippen molar-refractivity contribution in [1.82, 2.24) is 0 Å². The van der Waals surface area contributed by atoms with Crippen molar-refractivity contribution < 1.29 is 4.79 Å². The molecule has 0 N–H and O–H groups in total. The van der Waals surface area contributed by atoms with Gasteiger partial charge in [0, 0.05) is 17.0 Å². The Morgan fingerprint density at radius 1 is 1.43 bits per heavy atom. The molecule has 0 aliphatic carbocycles. The highest BCUT2D eigenvalue weighted by molar-refractivity contribution is 9.10. The number of hydrogen-bond acceptors (Lipinski definition) is 2. The first kappa shape index (κ1) is 13.3. The Morgan fingerprint density at radius 2 is 1.86 bits per heavy atom. The lowest BCUT2D eigenvalue weighted by molar-refractivity contribution is 0.102. The molecule has 0 aromatic heterocycles. The zero-order valence-electron chi connectivity index (χ0n) is 7.63. The molecule has 0 amide bonds. The Morgan fingerprint density at radius 3 is 2.21 bits per heavy atom. The molecule has 1 aromatic carbocycles. The quantitative estimate of drug-likeness (QED) is 0.618. The molecule has 0 heterocycles. The molecule has 0 unspecified atom stereocenters. The molecule has 74 valence electrons. The first-order valence-corrected chi connectivity index (χ1v) is 5.72. The van der Waals surface area contributed by atoms with Crippen LogP contribution in [0.5, 0.6) is 0 Å². The second-order valence-electron chi connectivity index (χ2n) is 2.29. The van der Waals surface area contributed by atoms with Crippen LogP contribution in [-0.2, 0) is 0 Å². The summed E-state index contributed by atoms with van der Waals surface area (Å²) < 4.78 is 0.989. The highest BCUT2D eigenvalue weighted by Gasteiger charge is 2.01. The molecule has 0 aliphatic heterocycles. The average molecular weight is 319 g/mol. The van der Waals surface area contributed by atoms with Gasteiger partial charge in [-0.05, 0) is 12.1 Å². The summed E-state index contributed by atoms with van der Waals surface area (Å²) >= 11 is 6.40. The van der Waals surface area contributed by atoms with Crippen LogP contribution in [0.25, 0.3) is 0 Å². The fourth-order valence-electron chi connectivity index (χ4n) is 0.713. The van der Waals surface area contributed by atoms with Crippen LogP contribution in [-0.4, -0.2) is 11.1 Å². The third kappa shape index (κ3) is 5.15. The number of rotatable bonds is 2. The van der Waals surface area contributed by atoms with E-state index in [1.807, 2.05) is 12.1 Å². The predicted octanol–water partition coefficient (Wildman–Crippen LogP) is 3.56. The summed E-state index contributed by atoms with van der Waals surface area (Å²) in [6.07, 6.45) is 0. The maximum absolute atomic E-state index is 11.1. The number of nitrogens with zero attached hydrogens (tertiary/aromatic N) is 1.